The monoisotopic (exact) mass is 350 g/mol. The van der Waals surface area contributed by atoms with Gasteiger partial charge in [-0.25, -0.2) is 0 Å². The Balaban J connectivity index is 1.65. The van der Waals surface area contributed by atoms with Crippen molar-refractivity contribution >= 4 is 11.4 Å². The van der Waals surface area contributed by atoms with Gasteiger partial charge in [0.25, 0.3) is 0 Å². The first-order valence-electron chi connectivity index (χ1n) is 8.31. The van der Waals surface area contributed by atoms with Crippen LogP contribution >= 0.6 is 0 Å². The maximum Gasteiger partial charge on any atom is 0.391 e. The van der Waals surface area contributed by atoms with E-state index in [1.165, 1.54) is 0 Å². The lowest BCUT2D eigenvalue weighted by atomic mass is 9.96. The molecule has 25 heavy (non-hydrogen) atoms. The highest BCUT2D eigenvalue weighted by molar-refractivity contribution is 5.62. The van der Waals surface area contributed by atoms with Gasteiger partial charge in [0.2, 0.25) is 0 Å². The molecule has 3 rings (SSSR count). The summed E-state index contributed by atoms with van der Waals surface area (Å²) < 4.78 is 44.2. The summed E-state index contributed by atoms with van der Waals surface area (Å²) in [6.45, 7) is 1.16. The van der Waals surface area contributed by atoms with Crippen molar-refractivity contribution in [3.63, 3.8) is 0 Å². The molecule has 6 heteroatoms. The van der Waals surface area contributed by atoms with Crippen LogP contribution in [0.3, 0.4) is 0 Å². The number of ether oxygens (including phenoxy) is 1. The van der Waals surface area contributed by atoms with Crippen molar-refractivity contribution in [1.82, 2.24) is 0 Å². The Hall–Kier alpha value is -2.37. The largest absolute Gasteiger partial charge is 0.487 e. The van der Waals surface area contributed by atoms with Crippen LogP contribution in [-0.4, -0.2) is 19.3 Å². The van der Waals surface area contributed by atoms with Gasteiger partial charge in [0.05, 0.1) is 11.6 Å². The molecule has 3 nitrogen and oxygen atoms in total. The van der Waals surface area contributed by atoms with Crippen LogP contribution in [0.25, 0.3) is 0 Å². The van der Waals surface area contributed by atoms with E-state index < -0.39 is 12.1 Å². The number of anilines is 2. The molecule has 0 atom stereocenters. The minimum absolute atomic E-state index is 0.119. The van der Waals surface area contributed by atoms with Gasteiger partial charge in [0.15, 0.2) is 0 Å². The van der Waals surface area contributed by atoms with Crippen LogP contribution in [0.5, 0.6) is 5.75 Å². The summed E-state index contributed by atoms with van der Waals surface area (Å²) in [5.41, 5.74) is 8.36. The molecule has 0 aliphatic carbocycles. The number of piperidine rings is 1. The van der Waals surface area contributed by atoms with E-state index in [-0.39, 0.29) is 12.8 Å². The predicted octanol–water partition coefficient (Wildman–Crippen LogP) is 4.63. The van der Waals surface area contributed by atoms with E-state index in [4.69, 9.17) is 10.5 Å². The molecule has 0 radical (unpaired) electrons. The highest BCUT2D eigenvalue weighted by Gasteiger charge is 2.41. The maximum absolute atomic E-state index is 12.8. The first-order valence-corrected chi connectivity index (χ1v) is 8.31. The van der Waals surface area contributed by atoms with E-state index >= 15 is 0 Å². The number of nitrogen functional groups attached to an aromatic ring is 1. The standard InChI is InChI=1S/C19H21F3N2O/c20-19(21,22)15-8-10-24(11-9-15)16-6-7-17(23)18(12-16)25-13-14-4-2-1-3-5-14/h1-7,12,15H,8-11,13,23H2. The van der Waals surface area contributed by atoms with Crippen LogP contribution in [0.4, 0.5) is 24.5 Å². The Morgan fingerprint density at radius 2 is 1.72 bits per heavy atom. The summed E-state index contributed by atoms with van der Waals surface area (Å²) in [4.78, 5) is 1.96. The third-order valence-corrected chi connectivity index (χ3v) is 4.56. The first kappa shape index (κ1) is 17.5. The van der Waals surface area contributed by atoms with Crippen molar-refractivity contribution < 1.29 is 17.9 Å². The smallest absolute Gasteiger partial charge is 0.391 e. The Kier molecular flexibility index (Phi) is 5.06. The van der Waals surface area contributed by atoms with E-state index in [1.54, 1.807) is 6.07 Å². The molecule has 1 heterocycles. The Bertz CT molecular complexity index is 696. The second-order valence-corrected chi connectivity index (χ2v) is 6.30. The number of nitrogens with zero attached hydrogens (tertiary/aromatic N) is 1. The molecular formula is C19H21F3N2O. The molecular weight excluding hydrogens is 329 g/mol. The van der Waals surface area contributed by atoms with Crippen molar-refractivity contribution in [2.45, 2.75) is 25.6 Å². The van der Waals surface area contributed by atoms with Crippen LogP contribution in [0.15, 0.2) is 48.5 Å². The van der Waals surface area contributed by atoms with Gasteiger partial charge in [-0.2, -0.15) is 13.2 Å². The molecule has 0 aromatic heterocycles. The number of hydrogen-bond donors (Lipinski definition) is 1. The van der Waals surface area contributed by atoms with Gasteiger partial charge in [-0.3, -0.25) is 0 Å². The van der Waals surface area contributed by atoms with E-state index in [9.17, 15) is 13.2 Å². The predicted molar refractivity (Wildman–Crippen MR) is 92.6 cm³/mol. The van der Waals surface area contributed by atoms with E-state index in [2.05, 4.69) is 0 Å². The zero-order valence-corrected chi connectivity index (χ0v) is 13.8. The summed E-state index contributed by atoms with van der Waals surface area (Å²) in [7, 11) is 0. The number of benzene rings is 2. The molecule has 0 saturated carbocycles. The highest BCUT2D eigenvalue weighted by Crippen LogP contribution is 2.36. The first-order chi connectivity index (χ1) is 11.9. The average molecular weight is 350 g/mol. The fourth-order valence-electron chi connectivity index (χ4n) is 3.05. The summed E-state index contributed by atoms with van der Waals surface area (Å²) in [5.74, 6) is -0.648. The third kappa shape index (κ3) is 4.38. The van der Waals surface area contributed by atoms with Crippen molar-refractivity contribution in [2.24, 2.45) is 5.92 Å². The summed E-state index contributed by atoms with van der Waals surface area (Å²) in [5, 5.41) is 0. The molecule has 1 aliphatic heterocycles. The molecule has 2 aromatic rings. The van der Waals surface area contributed by atoms with Crippen LogP contribution in [0.2, 0.25) is 0 Å². The molecule has 1 fully saturated rings. The number of alkyl halides is 3. The fraction of sp³-hybridized carbons (Fsp3) is 0.368. The molecule has 2 N–H and O–H groups in total. The van der Waals surface area contributed by atoms with Crippen molar-refractivity contribution in [2.75, 3.05) is 23.7 Å². The topological polar surface area (TPSA) is 38.5 Å². The maximum atomic E-state index is 12.8. The van der Waals surface area contributed by atoms with E-state index in [1.807, 2.05) is 47.4 Å². The summed E-state index contributed by atoms with van der Waals surface area (Å²) in [6.07, 6.45) is -3.86. The second-order valence-electron chi connectivity index (χ2n) is 6.30. The summed E-state index contributed by atoms with van der Waals surface area (Å²) >= 11 is 0. The molecule has 0 amide bonds. The number of rotatable bonds is 4. The van der Waals surface area contributed by atoms with Crippen LogP contribution < -0.4 is 15.4 Å². The SMILES string of the molecule is Nc1ccc(N2CCC(C(F)(F)F)CC2)cc1OCc1ccccc1. The zero-order valence-electron chi connectivity index (χ0n) is 13.8. The van der Waals surface area contributed by atoms with Gasteiger partial charge in [0.1, 0.15) is 12.4 Å². The molecule has 1 saturated heterocycles. The zero-order chi connectivity index (χ0) is 17.9. The molecule has 0 bridgehead atoms. The third-order valence-electron chi connectivity index (χ3n) is 4.56. The lowest BCUT2D eigenvalue weighted by Crippen LogP contribution is -2.39. The van der Waals surface area contributed by atoms with Crippen LogP contribution in [0.1, 0.15) is 18.4 Å². The quantitative estimate of drug-likeness (QED) is 0.818. The van der Waals surface area contributed by atoms with E-state index in [0.717, 1.165) is 11.3 Å². The molecule has 0 spiro atoms. The van der Waals surface area contributed by atoms with Crippen LogP contribution in [-0.2, 0) is 6.61 Å². The lowest BCUT2D eigenvalue weighted by molar-refractivity contribution is -0.179. The van der Waals surface area contributed by atoms with Crippen molar-refractivity contribution in [3.8, 4) is 5.75 Å². The number of halogens is 3. The molecule has 134 valence electrons. The fourth-order valence-corrected chi connectivity index (χ4v) is 3.05. The normalized spacial score (nSPS) is 16.0. The molecule has 2 aromatic carbocycles. The van der Waals surface area contributed by atoms with Crippen LogP contribution in [0, 0.1) is 5.92 Å². The average Bonchev–Trinajstić information content (AvgIpc) is 2.61. The van der Waals surface area contributed by atoms with Crippen molar-refractivity contribution in [3.05, 3.63) is 54.1 Å². The molecule has 1 aliphatic rings. The Morgan fingerprint density at radius 3 is 2.36 bits per heavy atom. The Morgan fingerprint density at radius 1 is 1.04 bits per heavy atom. The number of nitrogens with two attached hydrogens (primary N) is 1. The highest BCUT2D eigenvalue weighted by atomic mass is 19.4. The van der Waals surface area contributed by atoms with Gasteiger partial charge in [-0.15, -0.1) is 0 Å². The minimum atomic E-state index is -4.10. The van der Waals surface area contributed by atoms with Crippen molar-refractivity contribution in [1.29, 1.82) is 0 Å². The second kappa shape index (κ2) is 7.25. The van der Waals surface area contributed by atoms with E-state index in [0.29, 0.717) is 31.1 Å². The van der Waals surface area contributed by atoms with Gasteiger partial charge in [-0.05, 0) is 30.5 Å². The minimum Gasteiger partial charge on any atom is -0.487 e. The van der Waals surface area contributed by atoms with Gasteiger partial charge < -0.3 is 15.4 Å². The Labute approximate surface area is 145 Å². The van der Waals surface area contributed by atoms with Gasteiger partial charge in [0, 0.05) is 24.8 Å². The molecule has 0 unspecified atom stereocenters. The van der Waals surface area contributed by atoms with Gasteiger partial charge >= 0.3 is 6.18 Å². The number of hydrogen-bond acceptors (Lipinski definition) is 3. The van der Waals surface area contributed by atoms with Gasteiger partial charge in [-0.1, -0.05) is 30.3 Å². The summed E-state index contributed by atoms with van der Waals surface area (Å²) in [6, 6.07) is 15.1. The lowest BCUT2D eigenvalue weighted by Gasteiger charge is -2.34.